The van der Waals surface area contributed by atoms with Crippen LogP contribution in [-0.4, -0.2) is 0 Å². The minimum atomic E-state index is 0.545. The minimum Gasteiger partial charge on any atom is -0.0827 e. The number of halogens is 4. The lowest BCUT2D eigenvalue weighted by Gasteiger charge is -2.08. The first-order valence-corrected chi connectivity index (χ1v) is 6.87. The normalized spacial score (nSPS) is 10.7. The zero-order valence-corrected chi connectivity index (χ0v) is 12.6. The van der Waals surface area contributed by atoms with E-state index in [0.29, 0.717) is 26.5 Å². The summed E-state index contributed by atoms with van der Waals surface area (Å²) < 4.78 is 0. The van der Waals surface area contributed by atoms with Crippen LogP contribution >= 0.6 is 46.4 Å². The zero-order chi connectivity index (χ0) is 13.3. The monoisotopic (exact) mass is 318 g/mol. The van der Waals surface area contributed by atoms with Gasteiger partial charge in [0.15, 0.2) is 0 Å². The molecule has 0 saturated heterocycles. The molecule has 0 radical (unpaired) electrons. The maximum Gasteiger partial charge on any atom is 0.0627 e. The van der Waals surface area contributed by atoms with E-state index < -0.39 is 0 Å². The molecule has 0 heterocycles. The molecule has 0 amide bonds. The predicted octanol–water partition coefficient (Wildman–Crippen LogP) is 6.20. The standard InChI is InChI=1S/C14H10Cl4/c1-8-4-10(14(18)13(17)5-8)6-9-2-3-11(15)12(16)7-9/h2-5,7H,6H2,1H3. The van der Waals surface area contributed by atoms with Crippen LogP contribution in [0.3, 0.4) is 0 Å². The van der Waals surface area contributed by atoms with Crippen molar-refractivity contribution >= 4 is 46.4 Å². The molecule has 4 heteroatoms. The summed E-state index contributed by atoms with van der Waals surface area (Å²) in [7, 11) is 0. The average Bonchev–Trinajstić information content (AvgIpc) is 2.30. The number of benzene rings is 2. The van der Waals surface area contributed by atoms with E-state index in [1.165, 1.54) is 0 Å². The Morgan fingerprint density at radius 3 is 2.22 bits per heavy atom. The first-order chi connectivity index (χ1) is 8.47. The lowest BCUT2D eigenvalue weighted by molar-refractivity contribution is 1.18. The van der Waals surface area contributed by atoms with Crippen molar-refractivity contribution in [2.24, 2.45) is 0 Å². The molecule has 0 atom stereocenters. The third kappa shape index (κ3) is 3.13. The maximum absolute atomic E-state index is 6.20. The van der Waals surface area contributed by atoms with Gasteiger partial charge in [-0.25, -0.2) is 0 Å². The van der Waals surface area contributed by atoms with Crippen molar-refractivity contribution in [2.45, 2.75) is 13.3 Å². The average molecular weight is 320 g/mol. The summed E-state index contributed by atoms with van der Waals surface area (Å²) in [6.07, 6.45) is 0.678. The van der Waals surface area contributed by atoms with Crippen LogP contribution in [0.1, 0.15) is 16.7 Å². The van der Waals surface area contributed by atoms with Crippen molar-refractivity contribution in [3.05, 3.63) is 67.1 Å². The van der Waals surface area contributed by atoms with Crippen LogP contribution in [0, 0.1) is 6.92 Å². The number of rotatable bonds is 2. The number of aryl methyl sites for hydroxylation is 1. The van der Waals surface area contributed by atoms with Crippen molar-refractivity contribution in [2.75, 3.05) is 0 Å². The van der Waals surface area contributed by atoms with Gasteiger partial charge in [-0.15, -0.1) is 0 Å². The van der Waals surface area contributed by atoms with Crippen LogP contribution < -0.4 is 0 Å². The summed E-state index contributed by atoms with van der Waals surface area (Å²) in [4.78, 5) is 0. The Balaban J connectivity index is 2.36. The van der Waals surface area contributed by atoms with Crippen molar-refractivity contribution in [3.8, 4) is 0 Å². The van der Waals surface area contributed by atoms with Gasteiger partial charge >= 0.3 is 0 Å². The molecule has 0 nitrogen and oxygen atoms in total. The van der Waals surface area contributed by atoms with E-state index >= 15 is 0 Å². The molecule has 0 spiro atoms. The molecule has 0 unspecified atom stereocenters. The van der Waals surface area contributed by atoms with E-state index in [1.807, 2.05) is 31.2 Å². The smallest absolute Gasteiger partial charge is 0.0627 e. The fraction of sp³-hybridized carbons (Fsp3) is 0.143. The van der Waals surface area contributed by atoms with Crippen molar-refractivity contribution in [3.63, 3.8) is 0 Å². The second-order valence-corrected chi connectivity index (χ2v) is 5.74. The largest absolute Gasteiger partial charge is 0.0827 e. The van der Waals surface area contributed by atoms with Crippen LogP contribution in [0.25, 0.3) is 0 Å². The Morgan fingerprint density at radius 2 is 1.56 bits per heavy atom. The Morgan fingerprint density at radius 1 is 0.833 bits per heavy atom. The van der Waals surface area contributed by atoms with Gasteiger partial charge in [-0.05, 0) is 48.2 Å². The topological polar surface area (TPSA) is 0 Å². The van der Waals surface area contributed by atoms with Crippen LogP contribution in [-0.2, 0) is 6.42 Å². The van der Waals surface area contributed by atoms with Crippen molar-refractivity contribution in [1.82, 2.24) is 0 Å². The van der Waals surface area contributed by atoms with Gasteiger partial charge in [0, 0.05) is 0 Å². The summed E-state index contributed by atoms with van der Waals surface area (Å²) in [6.45, 7) is 1.99. The number of hydrogen-bond donors (Lipinski definition) is 0. The van der Waals surface area contributed by atoms with E-state index in [1.54, 1.807) is 6.07 Å². The molecule has 0 bridgehead atoms. The maximum atomic E-state index is 6.20. The van der Waals surface area contributed by atoms with Gasteiger partial charge in [0.25, 0.3) is 0 Å². The molecule has 18 heavy (non-hydrogen) atoms. The van der Waals surface area contributed by atoms with Gasteiger partial charge in [0.1, 0.15) is 0 Å². The van der Waals surface area contributed by atoms with E-state index in [2.05, 4.69) is 0 Å². The number of hydrogen-bond acceptors (Lipinski definition) is 0. The van der Waals surface area contributed by atoms with Crippen LogP contribution in [0.15, 0.2) is 30.3 Å². The SMILES string of the molecule is Cc1cc(Cl)c(Cl)c(Cc2ccc(Cl)c(Cl)c2)c1. The zero-order valence-electron chi connectivity index (χ0n) is 9.61. The molecule has 0 aliphatic heterocycles. The second kappa shape index (κ2) is 5.71. The summed E-state index contributed by atoms with van der Waals surface area (Å²) in [5.74, 6) is 0. The first kappa shape index (κ1) is 14.0. The van der Waals surface area contributed by atoms with E-state index in [4.69, 9.17) is 46.4 Å². The molecular weight excluding hydrogens is 310 g/mol. The van der Waals surface area contributed by atoms with Crippen LogP contribution in [0.5, 0.6) is 0 Å². The highest BCUT2D eigenvalue weighted by Crippen LogP contribution is 2.30. The van der Waals surface area contributed by atoms with E-state index in [9.17, 15) is 0 Å². The fourth-order valence-corrected chi connectivity index (χ4v) is 2.58. The lowest BCUT2D eigenvalue weighted by Crippen LogP contribution is -1.91. The Bertz CT molecular complexity index is 591. The van der Waals surface area contributed by atoms with Gasteiger partial charge in [-0.3, -0.25) is 0 Å². The first-order valence-electron chi connectivity index (χ1n) is 5.36. The van der Waals surface area contributed by atoms with Gasteiger partial charge in [0.05, 0.1) is 20.1 Å². The molecule has 0 aromatic heterocycles. The lowest BCUT2D eigenvalue weighted by atomic mass is 10.0. The molecule has 0 saturated carbocycles. The molecule has 0 aliphatic carbocycles. The third-order valence-electron chi connectivity index (χ3n) is 2.63. The summed E-state index contributed by atoms with van der Waals surface area (Å²) >= 11 is 24.1. The Kier molecular flexibility index (Phi) is 4.45. The third-order valence-corrected chi connectivity index (χ3v) is 4.21. The van der Waals surface area contributed by atoms with E-state index in [0.717, 1.165) is 16.7 Å². The Hall–Kier alpha value is -0.400. The molecule has 94 valence electrons. The molecule has 0 aliphatic rings. The van der Waals surface area contributed by atoms with Gasteiger partial charge in [-0.2, -0.15) is 0 Å². The summed E-state index contributed by atoms with van der Waals surface area (Å²) in [5.41, 5.74) is 3.12. The summed E-state index contributed by atoms with van der Waals surface area (Å²) in [6, 6.07) is 9.43. The van der Waals surface area contributed by atoms with Gasteiger partial charge in [0.2, 0.25) is 0 Å². The molecule has 0 N–H and O–H groups in total. The van der Waals surface area contributed by atoms with Crippen molar-refractivity contribution in [1.29, 1.82) is 0 Å². The van der Waals surface area contributed by atoms with Crippen molar-refractivity contribution < 1.29 is 0 Å². The predicted molar refractivity (Wildman–Crippen MR) is 80.5 cm³/mol. The summed E-state index contributed by atoms with van der Waals surface area (Å²) in [5, 5.41) is 2.26. The molecular formula is C14H10Cl4. The fourth-order valence-electron chi connectivity index (χ4n) is 1.79. The molecule has 2 rings (SSSR count). The highest BCUT2D eigenvalue weighted by molar-refractivity contribution is 6.42. The Labute approximate surface area is 126 Å². The highest BCUT2D eigenvalue weighted by atomic mass is 35.5. The van der Waals surface area contributed by atoms with Crippen LogP contribution in [0.2, 0.25) is 20.1 Å². The van der Waals surface area contributed by atoms with Gasteiger partial charge < -0.3 is 0 Å². The van der Waals surface area contributed by atoms with E-state index in [-0.39, 0.29) is 0 Å². The van der Waals surface area contributed by atoms with Gasteiger partial charge in [-0.1, -0.05) is 58.5 Å². The minimum absolute atomic E-state index is 0.545. The molecule has 2 aromatic rings. The van der Waals surface area contributed by atoms with Crippen LogP contribution in [0.4, 0.5) is 0 Å². The highest BCUT2D eigenvalue weighted by Gasteiger charge is 2.08. The second-order valence-electron chi connectivity index (χ2n) is 4.15. The molecule has 0 fully saturated rings. The molecule has 2 aromatic carbocycles. The quantitative estimate of drug-likeness (QED) is 0.618.